The summed E-state index contributed by atoms with van der Waals surface area (Å²) in [5.74, 6) is 2.27. The molecule has 12 heteroatoms. The van der Waals surface area contributed by atoms with E-state index in [4.69, 9.17) is 20.1 Å². The van der Waals surface area contributed by atoms with E-state index in [1.807, 2.05) is 17.5 Å². The van der Waals surface area contributed by atoms with Crippen LogP contribution < -0.4 is 10.5 Å². The van der Waals surface area contributed by atoms with Crippen LogP contribution in [0, 0.1) is 36.3 Å². The van der Waals surface area contributed by atoms with Gasteiger partial charge in [-0.3, -0.25) is 14.6 Å². The van der Waals surface area contributed by atoms with Crippen molar-refractivity contribution in [3.63, 3.8) is 0 Å². The molecule has 274 valence electrons. The quantitative estimate of drug-likeness (QED) is 0.210. The molecule has 8 fully saturated rings. The zero-order valence-electron chi connectivity index (χ0n) is 29.1. The van der Waals surface area contributed by atoms with Crippen LogP contribution in [0.2, 0.25) is 0 Å². The summed E-state index contributed by atoms with van der Waals surface area (Å²) in [6, 6.07) is 10.9. The summed E-state index contributed by atoms with van der Waals surface area (Å²) in [6.45, 7) is 6.93. The van der Waals surface area contributed by atoms with E-state index in [2.05, 4.69) is 9.80 Å². The number of halogens is 3. The Balaban J connectivity index is 0.000000139. The Labute approximate surface area is 311 Å². The Hall–Kier alpha value is -2.76. The highest BCUT2D eigenvalue weighted by atomic mass is 35.5. The van der Waals surface area contributed by atoms with Crippen molar-refractivity contribution in [2.24, 2.45) is 23.5 Å². The van der Waals surface area contributed by atoms with Crippen LogP contribution in [-0.2, 0) is 9.59 Å². The molecule has 2 aromatic heterocycles. The highest BCUT2D eigenvalue weighted by Gasteiger charge is 2.60. The Kier molecular flexibility index (Phi) is 11.4. The van der Waals surface area contributed by atoms with E-state index in [0.29, 0.717) is 40.8 Å². The van der Waals surface area contributed by atoms with Crippen molar-refractivity contribution in [1.82, 2.24) is 9.80 Å². The number of methoxy groups -OCH3 is 1. The summed E-state index contributed by atoms with van der Waals surface area (Å²) in [5, 5.41) is 3.95. The molecule has 4 bridgehead atoms. The van der Waals surface area contributed by atoms with Gasteiger partial charge < -0.3 is 10.5 Å². The van der Waals surface area contributed by atoms with E-state index >= 15 is 0 Å². The fourth-order valence-electron chi connectivity index (χ4n) is 9.55. The molecule has 8 heterocycles. The summed E-state index contributed by atoms with van der Waals surface area (Å²) < 4.78 is 33.6. The molecule has 51 heavy (non-hydrogen) atoms. The van der Waals surface area contributed by atoms with Crippen LogP contribution in [0.4, 0.5) is 8.78 Å². The number of carbonyl (C=O) groups excluding carboxylic acids is 3. The third-order valence-electron chi connectivity index (χ3n) is 12.5. The molecule has 8 aliphatic rings. The number of hydrogen-bond donors (Lipinski definition) is 1. The van der Waals surface area contributed by atoms with E-state index in [-0.39, 0.29) is 36.0 Å². The number of rotatable bonds is 4. The van der Waals surface area contributed by atoms with Crippen molar-refractivity contribution in [2.45, 2.75) is 81.8 Å². The van der Waals surface area contributed by atoms with Crippen LogP contribution in [-0.4, -0.2) is 72.1 Å². The van der Waals surface area contributed by atoms with Gasteiger partial charge in [0.15, 0.2) is 17.3 Å². The predicted molar refractivity (Wildman–Crippen MR) is 200 cm³/mol. The van der Waals surface area contributed by atoms with Gasteiger partial charge in [0.05, 0.1) is 16.7 Å². The molecule has 0 amide bonds. The lowest BCUT2D eigenvalue weighted by Crippen LogP contribution is -2.63. The van der Waals surface area contributed by atoms with Gasteiger partial charge in [0.1, 0.15) is 5.82 Å². The Morgan fingerprint density at radius 3 is 2.02 bits per heavy atom. The standard InChI is InChI=1S/C20H22FNOS.C9H7FOS.C9H16N2.CO2.ClH/c1-12-16(21)3-2-14-10-18(24-19(12)14)17(23)11-15-13-4-8-22(9-5-13)20(15)6-7-20;1-11-8-7(10)3-2-6-4-5-12-9(6)8;10-8-7-1-5-11(6-2-7)9(8)3-4-9;2-1-3;/h2-3,10,13,15H,4-9,11H2,1H3;2-5H,1H3;7-8H,1-6,10H2;;1H/t15-;;8-;;/m1.1../s1. The zero-order valence-corrected chi connectivity index (χ0v) is 31.6. The summed E-state index contributed by atoms with van der Waals surface area (Å²) in [6.07, 6.45) is 11.5. The second-order valence-electron chi connectivity index (χ2n) is 14.8. The summed E-state index contributed by atoms with van der Waals surface area (Å²) >= 11 is 2.96. The first-order chi connectivity index (χ1) is 24.2. The number of piperidine rings is 6. The minimum absolute atomic E-state index is 0. The summed E-state index contributed by atoms with van der Waals surface area (Å²) in [4.78, 5) is 35.3. The van der Waals surface area contributed by atoms with Crippen LogP contribution in [0.5, 0.6) is 5.75 Å². The third-order valence-corrected chi connectivity index (χ3v) is 14.8. The monoisotopic (exact) mass is 757 g/mol. The second kappa shape index (κ2) is 15.3. The minimum Gasteiger partial charge on any atom is -0.492 e. The Morgan fingerprint density at radius 2 is 1.45 bits per heavy atom. The number of nitrogens with zero attached hydrogens (tertiary/aromatic N) is 2. The predicted octanol–water partition coefficient (Wildman–Crippen LogP) is 8.26. The highest BCUT2D eigenvalue weighted by Crippen LogP contribution is 2.59. The molecule has 2 saturated carbocycles. The molecular formula is C39H46ClF2N3O4S2. The first-order valence-electron chi connectivity index (χ1n) is 17.8. The number of carbonyl (C=O) groups is 1. The number of aryl methyl sites for hydroxylation is 1. The zero-order chi connectivity index (χ0) is 35.2. The van der Waals surface area contributed by atoms with Crippen LogP contribution in [0.25, 0.3) is 20.2 Å². The first-order valence-corrected chi connectivity index (χ1v) is 19.5. The van der Waals surface area contributed by atoms with E-state index in [1.165, 1.54) is 119 Å². The highest BCUT2D eigenvalue weighted by molar-refractivity contribution is 7.21. The van der Waals surface area contributed by atoms with E-state index in [1.54, 1.807) is 19.1 Å². The van der Waals surface area contributed by atoms with Crippen LogP contribution in [0.3, 0.4) is 0 Å². The van der Waals surface area contributed by atoms with E-state index in [9.17, 15) is 13.6 Å². The maximum absolute atomic E-state index is 13.8. The van der Waals surface area contributed by atoms with Gasteiger partial charge in [-0.05, 0) is 143 Å². The lowest BCUT2D eigenvalue weighted by molar-refractivity contribution is -0.191. The van der Waals surface area contributed by atoms with E-state index < -0.39 is 0 Å². The fraction of sp³-hybridized carbons (Fsp3) is 0.538. The Bertz CT molecular complexity index is 1900. The normalized spacial score (nSPS) is 27.9. The van der Waals surface area contributed by atoms with Crippen molar-refractivity contribution >= 4 is 67.2 Å². The molecule has 2 aromatic carbocycles. The third kappa shape index (κ3) is 7.03. The number of ketones is 1. The lowest BCUT2D eigenvalue weighted by Gasteiger charge is -2.52. The van der Waals surface area contributed by atoms with Crippen LogP contribution in [0.15, 0.2) is 41.8 Å². The number of benzene rings is 2. The van der Waals surface area contributed by atoms with Crippen molar-refractivity contribution < 1.29 is 27.9 Å². The first kappa shape index (κ1) is 38.0. The summed E-state index contributed by atoms with van der Waals surface area (Å²) in [5.41, 5.74) is 7.76. The van der Waals surface area contributed by atoms with Crippen molar-refractivity contribution in [1.29, 1.82) is 0 Å². The maximum atomic E-state index is 13.8. The van der Waals surface area contributed by atoms with Crippen molar-refractivity contribution in [3.8, 4) is 5.75 Å². The number of hydrogen-bond acceptors (Lipinski definition) is 9. The molecule has 7 nitrogen and oxygen atoms in total. The number of thiophene rings is 2. The summed E-state index contributed by atoms with van der Waals surface area (Å²) in [7, 11) is 1.48. The van der Waals surface area contributed by atoms with Crippen molar-refractivity contribution in [3.05, 3.63) is 63.9 Å². The van der Waals surface area contributed by atoms with Gasteiger partial charge in [0.25, 0.3) is 0 Å². The number of Topliss-reactive ketones (excluding diaryl/α,β-unsaturated/α-hetero) is 1. The van der Waals surface area contributed by atoms with Gasteiger partial charge in [0, 0.05) is 33.8 Å². The molecule has 12 rings (SSSR count). The molecule has 2 atom stereocenters. The largest absolute Gasteiger partial charge is 0.492 e. The molecule has 6 aliphatic heterocycles. The Morgan fingerprint density at radius 1 is 0.882 bits per heavy atom. The van der Waals surface area contributed by atoms with Crippen LogP contribution >= 0.6 is 35.1 Å². The van der Waals surface area contributed by atoms with Gasteiger partial charge in [-0.15, -0.1) is 35.1 Å². The molecule has 6 saturated heterocycles. The average molecular weight is 758 g/mol. The molecular weight excluding hydrogens is 712 g/mol. The maximum Gasteiger partial charge on any atom is 0.373 e. The van der Waals surface area contributed by atoms with Gasteiger partial charge in [-0.2, -0.15) is 9.59 Å². The van der Waals surface area contributed by atoms with Crippen molar-refractivity contribution in [2.75, 3.05) is 33.3 Å². The van der Waals surface area contributed by atoms with E-state index in [0.717, 1.165) is 36.9 Å². The topological polar surface area (TPSA) is 92.9 Å². The number of fused-ring (bicyclic) bond motifs is 6. The van der Waals surface area contributed by atoms with Gasteiger partial charge in [-0.1, -0.05) is 12.1 Å². The number of nitrogens with two attached hydrogens (primary N) is 1. The second-order valence-corrected chi connectivity index (χ2v) is 16.8. The van der Waals surface area contributed by atoms with Gasteiger partial charge >= 0.3 is 6.15 Å². The SMILES string of the molecule is COc1c(F)ccc2ccsc12.Cc1c(F)ccc2cc(C(=O)C[C@@H]3C4CCN(CC4)C34CC4)sc12.Cl.N[C@@H]1C2CCN(CC2)C12CC2.O=C=O. The average Bonchev–Trinajstić information content (AvgIpc) is 4.00. The fourth-order valence-corrected chi connectivity index (χ4v) is 11.6. The molecule has 0 radical (unpaired) electrons. The molecule has 4 aromatic rings. The van der Waals surface area contributed by atoms with Gasteiger partial charge in [0.2, 0.25) is 0 Å². The molecule has 2 N–H and O–H groups in total. The molecule has 2 aliphatic carbocycles. The van der Waals surface area contributed by atoms with Crippen LogP contribution in [0.1, 0.15) is 73.0 Å². The molecule has 2 spiro atoms. The lowest BCUT2D eigenvalue weighted by atomic mass is 9.70. The number of ether oxygens (including phenoxy) is 1. The molecule has 0 unspecified atom stereocenters. The minimum atomic E-state index is -0.299. The smallest absolute Gasteiger partial charge is 0.373 e. The van der Waals surface area contributed by atoms with Gasteiger partial charge in [-0.25, -0.2) is 8.78 Å².